The van der Waals surface area contributed by atoms with Gasteiger partial charge in [0.15, 0.2) is 17.5 Å². The summed E-state index contributed by atoms with van der Waals surface area (Å²) in [6.07, 6.45) is 0. The van der Waals surface area contributed by atoms with Crippen molar-refractivity contribution in [3.63, 3.8) is 0 Å². The van der Waals surface area contributed by atoms with Crippen LogP contribution in [0.5, 0.6) is 0 Å². The molecule has 0 atom stereocenters. The molecule has 7 aromatic rings. The van der Waals surface area contributed by atoms with Gasteiger partial charge in [0.2, 0.25) is 0 Å². The molecule has 2 aromatic heterocycles. The quantitative estimate of drug-likeness (QED) is 0.288. The Morgan fingerprint density at radius 1 is 0.475 bits per heavy atom. The van der Waals surface area contributed by atoms with Gasteiger partial charge in [-0.05, 0) is 29.7 Å². The normalized spacial score (nSPS) is 11.2. The van der Waals surface area contributed by atoms with Crippen molar-refractivity contribution >= 4 is 34.4 Å². The van der Waals surface area contributed by atoms with Crippen LogP contribution in [-0.2, 0) is 0 Å². The van der Waals surface area contributed by atoms with Crippen LogP contribution in [0.3, 0.4) is 0 Å². The van der Waals surface area contributed by atoms with Crippen LogP contribution in [-0.4, -0.2) is 36.7 Å². The lowest BCUT2D eigenvalue weighted by Gasteiger charge is -2.12. The Balaban J connectivity index is 1.44. The predicted molar refractivity (Wildman–Crippen MR) is 160 cm³/mol. The fourth-order valence-corrected chi connectivity index (χ4v) is 5.15. The number of fused-ring (bicyclic) bond motifs is 3. The van der Waals surface area contributed by atoms with Crippen LogP contribution in [0.15, 0.2) is 127 Å². The summed E-state index contributed by atoms with van der Waals surface area (Å²) < 4.78 is 2.14. The maximum Gasteiger partial charge on any atom is 0.488 e. The fourth-order valence-electron chi connectivity index (χ4n) is 5.15. The molecule has 0 bridgehead atoms. The van der Waals surface area contributed by atoms with Gasteiger partial charge in [0.1, 0.15) is 0 Å². The van der Waals surface area contributed by atoms with E-state index < -0.39 is 7.12 Å². The molecule has 0 aliphatic heterocycles. The van der Waals surface area contributed by atoms with Gasteiger partial charge in [-0.15, -0.1) is 0 Å². The molecule has 0 amide bonds. The number of hydrogen-bond donors (Lipinski definition) is 2. The molecule has 0 radical (unpaired) electrons. The minimum Gasteiger partial charge on any atom is -0.423 e. The van der Waals surface area contributed by atoms with Gasteiger partial charge >= 0.3 is 7.12 Å². The van der Waals surface area contributed by atoms with Crippen molar-refractivity contribution in [1.82, 2.24) is 19.5 Å². The summed E-state index contributed by atoms with van der Waals surface area (Å²) in [6.45, 7) is 0. The van der Waals surface area contributed by atoms with Gasteiger partial charge in [-0.1, -0.05) is 103 Å². The van der Waals surface area contributed by atoms with Crippen LogP contribution >= 0.6 is 0 Å². The smallest absolute Gasteiger partial charge is 0.423 e. The Morgan fingerprint density at radius 3 is 1.68 bits per heavy atom. The number of nitrogens with zero attached hydrogens (tertiary/aromatic N) is 4. The first-order valence-electron chi connectivity index (χ1n) is 13.0. The summed E-state index contributed by atoms with van der Waals surface area (Å²) in [7, 11) is -1.56. The SMILES string of the molecule is OB(O)c1ccc2c3ccccc3n(-c3cccc(-c4nc(-c5ccccc5)nc(-c5ccccc5)n4)c3)c2c1. The van der Waals surface area contributed by atoms with Gasteiger partial charge in [-0.3, -0.25) is 0 Å². The number of aromatic nitrogens is 4. The molecular weight excluding hydrogens is 495 g/mol. The molecule has 0 unspecified atom stereocenters. The van der Waals surface area contributed by atoms with Gasteiger partial charge in [0.25, 0.3) is 0 Å². The first kappa shape index (κ1) is 24.0. The number of para-hydroxylation sites is 1. The Labute approximate surface area is 231 Å². The monoisotopic (exact) mass is 518 g/mol. The number of hydrogen-bond acceptors (Lipinski definition) is 5. The van der Waals surface area contributed by atoms with Crippen molar-refractivity contribution < 1.29 is 10.0 Å². The van der Waals surface area contributed by atoms with Gasteiger partial charge < -0.3 is 14.6 Å². The maximum atomic E-state index is 9.88. The van der Waals surface area contributed by atoms with E-state index in [1.807, 2.05) is 103 Å². The Morgan fingerprint density at radius 2 is 1.02 bits per heavy atom. The van der Waals surface area contributed by atoms with Crippen LogP contribution in [0.2, 0.25) is 0 Å². The minimum atomic E-state index is -1.56. The van der Waals surface area contributed by atoms with Crippen molar-refractivity contribution in [1.29, 1.82) is 0 Å². The molecule has 6 nitrogen and oxygen atoms in total. The minimum absolute atomic E-state index is 0.435. The largest absolute Gasteiger partial charge is 0.488 e. The van der Waals surface area contributed by atoms with Crippen molar-refractivity contribution in [2.45, 2.75) is 0 Å². The van der Waals surface area contributed by atoms with Crippen LogP contribution < -0.4 is 5.46 Å². The van der Waals surface area contributed by atoms with Crippen LogP contribution in [0, 0.1) is 0 Å². The lowest BCUT2D eigenvalue weighted by Crippen LogP contribution is -2.29. The molecule has 0 aliphatic carbocycles. The highest BCUT2D eigenvalue weighted by atomic mass is 16.4. The second kappa shape index (κ2) is 9.89. The third-order valence-corrected chi connectivity index (χ3v) is 7.06. The van der Waals surface area contributed by atoms with E-state index in [-0.39, 0.29) is 0 Å². The van der Waals surface area contributed by atoms with Crippen molar-refractivity contribution in [2.24, 2.45) is 0 Å². The molecule has 7 heteroatoms. The molecule has 2 N–H and O–H groups in total. The van der Waals surface area contributed by atoms with Crippen LogP contribution in [0.1, 0.15) is 0 Å². The van der Waals surface area contributed by atoms with E-state index in [0.717, 1.165) is 44.2 Å². The molecule has 0 fully saturated rings. The second-order valence-corrected chi connectivity index (χ2v) is 9.59. The zero-order valence-electron chi connectivity index (χ0n) is 21.4. The van der Waals surface area contributed by atoms with E-state index >= 15 is 0 Å². The van der Waals surface area contributed by atoms with Gasteiger partial charge in [0.05, 0.1) is 11.0 Å². The third-order valence-electron chi connectivity index (χ3n) is 7.06. The summed E-state index contributed by atoms with van der Waals surface area (Å²) in [4.78, 5) is 14.6. The van der Waals surface area contributed by atoms with Crippen molar-refractivity contribution in [2.75, 3.05) is 0 Å². The molecule has 0 saturated carbocycles. The lowest BCUT2D eigenvalue weighted by molar-refractivity contribution is 0.426. The van der Waals surface area contributed by atoms with E-state index in [4.69, 9.17) is 15.0 Å². The molecular formula is C33H23BN4O2. The summed E-state index contributed by atoms with van der Waals surface area (Å²) in [5, 5.41) is 21.9. The third kappa shape index (κ3) is 4.23. The van der Waals surface area contributed by atoms with Crippen LogP contribution in [0.4, 0.5) is 0 Å². The molecule has 7 rings (SSSR count). The fraction of sp³-hybridized carbons (Fsp3) is 0. The van der Waals surface area contributed by atoms with E-state index in [1.165, 1.54) is 0 Å². The number of rotatable bonds is 5. The summed E-state index contributed by atoms with van der Waals surface area (Å²) in [5.74, 6) is 1.78. The van der Waals surface area contributed by atoms with E-state index in [9.17, 15) is 10.0 Å². The first-order chi connectivity index (χ1) is 19.7. The predicted octanol–water partition coefficient (Wildman–Crippen LogP) is 5.65. The van der Waals surface area contributed by atoms with Gasteiger partial charge in [-0.2, -0.15) is 0 Å². The van der Waals surface area contributed by atoms with Crippen molar-refractivity contribution in [3.8, 4) is 39.9 Å². The Hall–Kier alpha value is -5.11. The van der Waals surface area contributed by atoms with Crippen molar-refractivity contribution in [3.05, 3.63) is 127 Å². The zero-order valence-corrected chi connectivity index (χ0v) is 21.4. The second-order valence-electron chi connectivity index (χ2n) is 9.59. The molecule has 40 heavy (non-hydrogen) atoms. The highest BCUT2D eigenvalue weighted by Crippen LogP contribution is 2.33. The molecule has 0 saturated heterocycles. The Kier molecular flexibility index (Phi) is 5.93. The van der Waals surface area contributed by atoms with E-state index in [0.29, 0.717) is 22.9 Å². The lowest BCUT2D eigenvalue weighted by atomic mass is 9.80. The van der Waals surface area contributed by atoms with E-state index in [2.05, 4.69) is 22.8 Å². The van der Waals surface area contributed by atoms with Gasteiger partial charge in [-0.25, -0.2) is 15.0 Å². The zero-order chi connectivity index (χ0) is 27.1. The van der Waals surface area contributed by atoms with Crippen LogP contribution in [0.25, 0.3) is 61.7 Å². The summed E-state index contributed by atoms with van der Waals surface area (Å²) in [5.41, 5.74) is 5.92. The maximum absolute atomic E-state index is 9.88. The average molecular weight is 518 g/mol. The molecule has 5 aromatic carbocycles. The van der Waals surface area contributed by atoms with Gasteiger partial charge in [0, 0.05) is 33.2 Å². The summed E-state index contributed by atoms with van der Waals surface area (Å²) >= 11 is 0. The topological polar surface area (TPSA) is 84.1 Å². The summed E-state index contributed by atoms with van der Waals surface area (Å²) in [6, 6.07) is 41.6. The molecule has 0 aliphatic rings. The molecule has 190 valence electrons. The highest BCUT2D eigenvalue weighted by Gasteiger charge is 2.18. The standard InChI is InChI=1S/C33H23BN4O2/c39-34(40)25-18-19-28-27-16-7-8-17-29(27)38(30(28)21-25)26-15-9-14-24(20-26)33-36-31(22-10-3-1-4-11-22)35-32(37-33)23-12-5-2-6-13-23/h1-21,39-40H. The first-order valence-corrected chi connectivity index (χ1v) is 13.0. The number of benzene rings is 5. The van der Waals surface area contributed by atoms with E-state index in [1.54, 1.807) is 6.07 Å². The average Bonchev–Trinajstić information content (AvgIpc) is 3.35. The Bertz CT molecular complexity index is 1930. The molecule has 0 spiro atoms. The molecule has 2 heterocycles. The highest BCUT2D eigenvalue weighted by molar-refractivity contribution is 6.59.